The van der Waals surface area contributed by atoms with E-state index >= 15 is 0 Å². The molecule has 0 radical (unpaired) electrons. The van der Waals surface area contributed by atoms with Gasteiger partial charge in [-0.05, 0) is 12.0 Å². The lowest BCUT2D eigenvalue weighted by Gasteiger charge is -2.16. The first kappa shape index (κ1) is 14.2. The summed E-state index contributed by atoms with van der Waals surface area (Å²) in [7, 11) is -3.31. The molecule has 0 aromatic heterocycles. The highest BCUT2D eigenvalue weighted by Gasteiger charge is 2.17. The number of hydrogen-bond donors (Lipinski definition) is 2. The van der Waals surface area contributed by atoms with E-state index < -0.39 is 16.1 Å². The van der Waals surface area contributed by atoms with E-state index in [1.54, 1.807) is 12.1 Å². The SMILES string of the molecule is CCCCS(=O)(=O)N[C@@H](CO)c1ccccc1. The molecule has 1 rings (SSSR count). The van der Waals surface area contributed by atoms with Gasteiger partial charge in [0.25, 0.3) is 0 Å². The molecule has 2 N–H and O–H groups in total. The summed E-state index contributed by atoms with van der Waals surface area (Å²) in [4.78, 5) is 0. The number of aliphatic hydroxyl groups excluding tert-OH is 1. The second-order valence-corrected chi connectivity index (χ2v) is 5.81. The summed E-state index contributed by atoms with van der Waals surface area (Å²) in [5.74, 6) is 0.104. The summed E-state index contributed by atoms with van der Waals surface area (Å²) in [5, 5.41) is 9.24. The summed E-state index contributed by atoms with van der Waals surface area (Å²) < 4.78 is 25.9. The van der Waals surface area contributed by atoms with Gasteiger partial charge in [-0.2, -0.15) is 0 Å². The molecule has 96 valence electrons. The fraction of sp³-hybridized carbons (Fsp3) is 0.500. The highest BCUT2D eigenvalue weighted by Crippen LogP contribution is 2.13. The Morgan fingerprint density at radius 1 is 1.29 bits per heavy atom. The fourth-order valence-electron chi connectivity index (χ4n) is 1.51. The van der Waals surface area contributed by atoms with Crippen molar-refractivity contribution in [1.29, 1.82) is 0 Å². The van der Waals surface area contributed by atoms with Crippen LogP contribution in [0.3, 0.4) is 0 Å². The van der Waals surface area contributed by atoms with Crippen LogP contribution >= 0.6 is 0 Å². The third kappa shape index (κ3) is 4.85. The van der Waals surface area contributed by atoms with Crippen LogP contribution in [0.4, 0.5) is 0 Å². The lowest BCUT2D eigenvalue weighted by Crippen LogP contribution is -2.32. The molecule has 0 unspecified atom stereocenters. The van der Waals surface area contributed by atoms with Crippen LogP contribution in [0.25, 0.3) is 0 Å². The minimum absolute atomic E-state index is 0.104. The molecular formula is C12H19NO3S. The molecule has 1 aromatic rings. The van der Waals surface area contributed by atoms with Crippen LogP contribution in [0.1, 0.15) is 31.4 Å². The maximum absolute atomic E-state index is 11.7. The molecule has 0 bridgehead atoms. The highest BCUT2D eigenvalue weighted by atomic mass is 32.2. The molecule has 0 heterocycles. The summed E-state index contributed by atoms with van der Waals surface area (Å²) in [6.45, 7) is 1.70. The molecule has 0 fully saturated rings. The largest absolute Gasteiger partial charge is 0.394 e. The third-order valence-corrected chi connectivity index (χ3v) is 3.94. The average molecular weight is 257 g/mol. The van der Waals surface area contributed by atoms with Crippen LogP contribution < -0.4 is 4.72 Å². The lowest BCUT2D eigenvalue weighted by atomic mass is 10.1. The zero-order valence-electron chi connectivity index (χ0n) is 9.96. The zero-order valence-corrected chi connectivity index (χ0v) is 10.8. The third-order valence-electron chi connectivity index (χ3n) is 2.47. The number of sulfonamides is 1. The number of benzene rings is 1. The molecule has 0 saturated carbocycles. The monoisotopic (exact) mass is 257 g/mol. The van der Waals surface area contributed by atoms with Crippen molar-refractivity contribution < 1.29 is 13.5 Å². The first-order valence-corrected chi connectivity index (χ1v) is 7.40. The first-order chi connectivity index (χ1) is 8.09. The Hall–Kier alpha value is -0.910. The summed E-state index contributed by atoms with van der Waals surface area (Å²) in [5.41, 5.74) is 0.773. The molecule has 0 aliphatic rings. The highest BCUT2D eigenvalue weighted by molar-refractivity contribution is 7.89. The smallest absolute Gasteiger partial charge is 0.212 e. The van der Waals surface area contributed by atoms with Gasteiger partial charge in [0.15, 0.2) is 0 Å². The fourth-order valence-corrected chi connectivity index (χ4v) is 2.94. The van der Waals surface area contributed by atoms with Crippen molar-refractivity contribution in [3.63, 3.8) is 0 Å². The quantitative estimate of drug-likeness (QED) is 0.776. The van der Waals surface area contributed by atoms with Gasteiger partial charge < -0.3 is 5.11 Å². The Labute approximate surface area is 103 Å². The number of nitrogens with one attached hydrogen (secondary N) is 1. The van der Waals surface area contributed by atoms with E-state index in [2.05, 4.69) is 4.72 Å². The normalized spacial score (nSPS) is 13.5. The van der Waals surface area contributed by atoms with Crippen molar-refractivity contribution in [2.24, 2.45) is 0 Å². The van der Waals surface area contributed by atoms with Gasteiger partial charge in [0.1, 0.15) is 0 Å². The molecule has 4 nitrogen and oxygen atoms in total. The van der Waals surface area contributed by atoms with Gasteiger partial charge in [-0.3, -0.25) is 0 Å². The van der Waals surface area contributed by atoms with Crippen molar-refractivity contribution in [3.05, 3.63) is 35.9 Å². The molecule has 17 heavy (non-hydrogen) atoms. The van der Waals surface area contributed by atoms with Crippen molar-refractivity contribution in [2.75, 3.05) is 12.4 Å². The molecule has 0 aliphatic heterocycles. The molecule has 0 amide bonds. The van der Waals surface area contributed by atoms with Crippen molar-refractivity contribution in [2.45, 2.75) is 25.8 Å². The molecule has 5 heteroatoms. The Balaban J connectivity index is 2.71. The Morgan fingerprint density at radius 3 is 2.47 bits per heavy atom. The average Bonchev–Trinajstić information content (AvgIpc) is 2.35. The van der Waals surface area contributed by atoms with Gasteiger partial charge in [-0.25, -0.2) is 13.1 Å². The van der Waals surface area contributed by atoms with Crippen LogP contribution in [0.15, 0.2) is 30.3 Å². The maximum Gasteiger partial charge on any atom is 0.212 e. The Bertz CT molecular complexity index is 417. The number of aliphatic hydroxyl groups is 1. The second kappa shape index (κ2) is 6.74. The molecule has 1 aromatic carbocycles. The number of unbranched alkanes of at least 4 members (excludes halogenated alkanes) is 1. The van der Waals surface area contributed by atoms with E-state index in [0.29, 0.717) is 6.42 Å². The van der Waals surface area contributed by atoms with Gasteiger partial charge in [0.2, 0.25) is 10.0 Å². The molecule has 0 spiro atoms. The Kier molecular flexibility index (Phi) is 5.61. The van der Waals surface area contributed by atoms with Gasteiger partial charge >= 0.3 is 0 Å². The van der Waals surface area contributed by atoms with Crippen molar-refractivity contribution in [3.8, 4) is 0 Å². The lowest BCUT2D eigenvalue weighted by molar-refractivity contribution is 0.259. The second-order valence-electron chi connectivity index (χ2n) is 3.94. The van der Waals surface area contributed by atoms with Gasteiger partial charge in [-0.15, -0.1) is 0 Å². The summed E-state index contributed by atoms with van der Waals surface area (Å²) in [6, 6.07) is 8.52. The number of hydrogen-bond acceptors (Lipinski definition) is 3. The summed E-state index contributed by atoms with van der Waals surface area (Å²) >= 11 is 0. The van der Waals surface area contributed by atoms with E-state index in [9.17, 15) is 13.5 Å². The van der Waals surface area contributed by atoms with Gasteiger partial charge in [0, 0.05) is 0 Å². The number of rotatable bonds is 7. The van der Waals surface area contributed by atoms with E-state index in [1.165, 1.54) is 0 Å². The first-order valence-electron chi connectivity index (χ1n) is 5.75. The topological polar surface area (TPSA) is 66.4 Å². The molecule has 1 atom stereocenters. The van der Waals surface area contributed by atoms with Crippen LogP contribution in [-0.2, 0) is 10.0 Å². The van der Waals surface area contributed by atoms with E-state index in [0.717, 1.165) is 12.0 Å². The van der Waals surface area contributed by atoms with E-state index in [1.807, 2.05) is 25.1 Å². The standard InChI is InChI=1S/C12H19NO3S/c1-2-3-9-17(15,16)13-12(10-14)11-7-5-4-6-8-11/h4-8,12-14H,2-3,9-10H2,1H3/t12-/m0/s1. The molecule has 0 saturated heterocycles. The Morgan fingerprint density at radius 2 is 1.94 bits per heavy atom. The van der Waals surface area contributed by atoms with Crippen LogP contribution in [-0.4, -0.2) is 25.9 Å². The minimum Gasteiger partial charge on any atom is -0.394 e. The summed E-state index contributed by atoms with van der Waals surface area (Å²) in [6.07, 6.45) is 1.46. The van der Waals surface area contributed by atoms with E-state index in [-0.39, 0.29) is 12.4 Å². The minimum atomic E-state index is -3.31. The molecular weight excluding hydrogens is 238 g/mol. The zero-order chi connectivity index (χ0) is 12.7. The predicted molar refractivity (Wildman–Crippen MR) is 68.1 cm³/mol. The van der Waals surface area contributed by atoms with Crippen LogP contribution in [0, 0.1) is 0 Å². The predicted octanol–water partition coefficient (Wildman–Crippen LogP) is 1.44. The maximum atomic E-state index is 11.7. The van der Waals surface area contributed by atoms with Crippen LogP contribution in [0.2, 0.25) is 0 Å². The van der Waals surface area contributed by atoms with Crippen molar-refractivity contribution in [1.82, 2.24) is 4.72 Å². The van der Waals surface area contributed by atoms with Crippen LogP contribution in [0.5, 0.6) is 0 Å². The van der Waals surface area contributed by atoms with Gasteiger partial charge in [-0.1, -0.05) is 43.7 Å². The van der Waals surface area contributed by atoms with Gasteiger partial charge in [0.05, 0.1) is 18.4 Å². The molecule has 0 aliphatic carbocycles. The van der Waals surface area contributed by atoms with Crippen molar-refractivity contribution >= 4 is 10.0 Å². The van der Waals surface area contributed by atoms with E-state index in [4.69, 9.17) is 0 Å².